The largest absolute Gasteiger partial charge is 0.497 e. The quantitative estimate of drug-likeness (QED) is 0.662. The van der Waals surface area contributed by atoms with Crippen LogP contribution in [0.5, 0.6) is 11.5 Å². The third-order valence-electron chi connectivity index (χ3n) is 4.83. The Morgan fingerprint density at radius 1 is 1.00 bits per heavy atom. The van der Waals surface area contributed by atoms with Gasteiger partial charge in [-0.2, -0.15) is 4.31 Å². The van der Waals surface area contributed by atoms with Crippen molar-refractivity contribution in [1.82, 2.24) is 9.21 Å². The fraction of sp³-hybridized carbons (Fsp3) is 0.300. The number of sulfonamides is 1. The van der Waals surface area contributed by atoms with E-state index in [0.29, 0.717) is 35.8 Å². The molecule has 0 aromatic heterocycles. The summed E-state index contributed by atoms with van der Waals surface area (Å²) in [4.78, 5) is 25.0. The molecule has 30 heavy (non-hydrogen) atoms. The molecule has 0 saturated carbocycles. The van der Waals surface area contributed by atoms with Gasteiger partial charge in [-0.05, 0) is 36.4 Å². The van der Waals surface area contributed by atoms with Gasteiger partial charge in [-0.25, -0.2) is 8.42 Å². The highest BCUT2D eigenvalue weighted by Crippen LogP contribution is 2.29. The third-order valence-corrected chi connectivity index (χ3v) is 6.75. The standard InChI is InChI=1S/C20H23N3O6S/c1-28-16-5-8-18(19(13-16)29-2)21-20(25)15-3-6-17(7-4-15)30(26,27)23-11-9-22(14-24)10-12-23/h3-8,13-14H,9-12H2,1-2H3,(H,21,25). The van der Waals surface area contributed by atoms with E-state index >= 15 is 0 Å². The first kappa shape index (κ1) is 21.6. The van der Waals surface area contributed by atoms with Crippen molar-refractivity contribution in [2.75, 3.05) is 45.7 Å². The predicted molar refractivity (Wildman–Crippen MR) is 110 cm³/mol. The van der Waals surface area contributed by atoms with Gasteiger partial charge in [-0.3, -0.25) is 9.59 Å². The Hall–Kier alpha value is -3.11. The van der Waals surface area contributed by atoms with Crippen molar-refractivity contribution in [3.8, 4) is 11.5 Å². The summed E-state index contributed by atoms with van der Waals surface area (Å²) in [5, 5.41) is 2.74. The van der Waals surface area contributed by atoms with E-state index in [-0.39, 0.29) is 18.0 Å². The minimum absolute atomic E-state index is 0.0978. The van der Waals surface area contributed by atoms with Crippen LogP contribution >= 0.6 is 0 Å². The number of rotatable bonds is 7. The molecule has 1 fully saturated rings. The van der Waals surface area contributed by atoms with Crippen molar-refractivity contribution >= 4 is 28.0 Å². The zero-order valence-corrected chi connectivity index (χ0v) is 17.5. The number of methoxy groups -OCH3 is 2. The molecule has 0 aliphatic carbocycles. The molecule has 1 aliphatic heterocycles. The smallest absolute Gasteiger partial charge is 0.255 e. The van der Waals surface area contributed by atoms with E-state index in [9.17, 15) is 18.0 Å². The lowest BCUT2D eigenvalue weighted by atomic mass is 10.2. The Bertz CT molecular complexity index is 1020. The molecule has 1 N–H and O–H groups in total. The minimum atomic E-state index is -3.69. The minimum Gasteiger partial charge on any atom is -0.497 e. The molecule has 0 unspecified atom stereocenters. The number of carbonyl (C=O) groups is 2. The second-order valence-electron chi connectivity index (χ2n) is 6.59. The fourth-order valence-electron chi connectivity index (χ4n) is 3.07. The van der Waals surface area contributed by atoms with Crippen LogP contribution in [-0.2, 0) is 14.8 Å². The third kappa shape index (κ3) is 4.55. The van der Waals surface area contributed by atoms with Gasteiger partial charge < -0.3 is 19.7 Å². The molecule has 0 radical (unpaired) electrons. The monoisotopic (exact) mass is 433 g/mol. The second kappa shape index (κ2) is 9.14. The van der Waals surface area contributed by atoms with Crippen LogP contribution in [0.25, 0.3) is 0 Å². The molecule has 1 heterocycles. The highest BCUT2D eigenvalue weighted by Gasteiger charge is 2.28. The van der Waals surface area contributed by atoms with Crippen molar-refractivity contribution in [3.05, 3.63) is 48.0 Å². The number of nitrogens with one attached hydrogen (secondary N) is 1. The molecule has 9 nitrogen and oxygen atoms in total. The summed E-state index contributed by atoms with van der Waals surface area (Å²) < 4.78 is 37.3. The average molecular weight is 433 g/mol. The Balaban J connectivity index is 1.72. The normalized spacial score (nSPS) is 14.8. The van der Waals surface area contributed by atoms with Gasteiger partial charge in [0.25, 0.3) is 5.91 Å². The van der Waals surface area contributed by atoms with Crippen molar-refractivity contribution in [1.29, 1.82) is 0 Å². The molecule has 2 aromatic rings. The molecule has 1 aliphatic rings. The molecular weight excluding hydrogens is 410 g/mol. The van der Waals surface area contributed by atoms with Crippen LogP contribution in [0.2, 0.25) is 0 Å². The number of ether oxygens (including phenoxy) is 2. The van der Waals surface area contributed by atoms with Crippen LogP contribution in [0.1, 0.15) is 10.4 Å². The SMILES string of the molecule is COc1ccc(NC(=O)c2ccc(S(=O)(=O)N3CCN(C=O)CC3)cc2)c(OC)c1. The molecule has 10 heteroatoms. The van der Waals surface area contributed by atoms with E-state index in [1.165, 1.54) is 47.7 Å². The van der Waals surface area contributed by atoms with E-state index in [4.69, 9.17) is 9.47 Å². The van der Waals surface area contributed by atoms with E-state index in [2.05, 4.69) is 5.32 Å². The van der Waals surface area contributed by atoms with Crippen LogP contribution in [0.3, 0.4) is 0 Å². The van der Waals surface area contributed by atoms with Gasteiger partial charge in [0.05, 0.1) is 24.8 Å². The number of hydrogen-bond acceptors (Lipinski definition) is 6. The maximum absolute atomic E-state index is 12.8. The first-order chi connectivity index (χ1) is 14.4. The number of carbonyl (C=O) groups excluding carboxylic acids is 2. The van der Waals surface area contributed by atoms with E-state index in [1.807, 2.05) is 0 Å². The Morgan fingerprint density at radius 3 is 2.23 bits per heavy atom. The molecule has 1 saturated heterocycles. The van der Waals surface area contributed by atoms with Crippen LogP contribution in [-0.4, -0.2) is 70.3 Å². The number of nitrogens with zero attached hydrogens (tertiary/aromatic N) is 2. The van der Waals surface area contributed by atoms with Gasteiger partial charge in [0, 0.05) is 37.8 Å². The zero-order valence-electron chi connectivity index (χ0n) is 16.7. The van der Waals surface area contributed by atoms with Gasteiger partial charge in [0.15, 0.2) is 0 Å². The molecule has 2 aromatic carbocycles. The Labute approximate surface area is 175 Å². The molecule has 0 bridgehead atoms. The summed E-state index contributed by atoms with van der Waals surface area (Å²) in [6.45, 7) is 1.18. The van der Waals surface area contributed by atoms with Crippen molar-refractivity contribution in [2.45, 2.75) is 4.90 Å². The lowest BCUT2D eigenvalue weighted by molar-refractivity contribution is -0.119. The van der Waals surface area contributed by atoms with Gasteiger partial charge in [-0.15, -0.1) is 0 Å². The number of benzene rings is 2. The van der Waals surface area contributed by atoms with Gasteiger partial charge in [0.2, 0.25) is 16.4 Å². The van der Waals surface area contributed by atoms with Gasteiger partial charge in [0.1, 0.15) is 11.5 Å². The molecule has 2 amide bonds. The van der Waals surface area contributed by atoms with Gasteiger partial charge in [-0.1, -0.05) is 0 Å². The summed E-state index contributed by atoms with van der Waals surface area (Å²) in [5.41, 5.74) is 0.769. The maximum atomic E-state index is 12.8. The van der Waals surface area contributed by atoms with Gasteiger partial charge >= 0.3 is 0 Å². The number of anilines is 1. The lowest BCUT2D eigenvalue weighted by Crippen LogP contribution is -2.47. The highest BCUT2D eigenvalue weighted by molar-refractivity contribution is 7.89. The first-order valence-electron chi connectivity index (χ1n) is 9.22. The van der Waals surface area contributed by atoms with Crippen molar-refractivity contribution in [2.24, 2.45) is 0 Å². The lowest BCUT2D eigenvalue weighted by Gasteiger charge is -2.31. The molecule has 0 atom stereocenters. The summed E-state index contributed by atoms with van der Waals surface area (Å²) in [5.74, 6) is 0.631. The highest BCUT2D eigenvalue weighted by atomic mass is 32.2. The topological polar surface area (TPSA) is 105 Å². The first-order valence-corrected chi connectivity index (χ1v) is 10.7. The Kier molecular flexibility index (Phi) is 6.58. The van der Waals surface area contributed by atoms with Crippen LogP contribution in [0, 0.1) is 0 Å². The van der Waals surface area contributed by atoms with Crippen LogP contribution < -0.4 is 14.8 Å². The molecule has 160 valence electrons. The summed E-state index contributed by atoms with van der Waals surface area (Å²) in [7, 11) is -0.671. The molecule has 3 rings (SSSR count). The number of amides is 2. The number of hydrogen-bond donors (Lipinski definition) is 1. The van der Waals surface area contributed by atoms with E-state index < -0.39 is 15.9 Å². The molecular formula is C20H23N3O6S. The van der Waals surface area contributed by atoms with E-state index in [1.54, 1.807) is 18.2 Å². The molecule has 0 spiro atoms. The van der Waals surface area contributed by atoms with Crippen molar-refractivity contribution < 1.29 is 27.5 Å². The van der Waals surface area contributed by atoms with Crippen molar-refractivity contribution in [3.63, 3.8) is 0 Å². The fourth-order valence-corrected chi connectivity index (χ4v) is 4.50. The van der Waals surface area contributed by atoms with Crippen LogP contribution in [0.15, 0.2) is 47.4 Å². The summed E-state index contributed by atoms with van der Waals surface area (Å²) in [6, 6.07) is 10.7. The zero-order chi connectivity index (χ0) is 21.7. The predicted octanol–water partition coefficient (Wildman–Crippen LogP) is 1.42. The van der Waals surface area contributed by atoms with Crippen LogP contribution in [0.4, 0.5) is 5.69 Å². The average Bonchev–Trinajstić information content (AvgIpc) is 2.79. The number of piperazine rings is 1. The summed E-state index contributed by atoms with van der Waals surface area (Å²) >= 11 is 0. The Morgan fingerprint density at radius 2 is 1.67 bits per heavy atom. The van der Waals surface area contributed by atoms with E-state index in [0.717, 1.165) is 6.41 Å². The maximum Gasteiger partial charge on any atom is 0.255 e. The second-order valence-corrected chi connectivity index (χ2v) is 8.53. The summed E-state index contributed by atoms with van der Waals surface area (Å²) in [6.07, 6.45) is 0.717.